The van der Waals surface area contributed by atoms with Crippen LogP contribution in [0.2, 0.25) is 0 Å². The number of aliphatic hydroxyl groups excluding tert-OH is 1. The SMILES string of the molecule is C=C(C(=O)OCC)C(O)c1ccc(C(C)C)c([N+](=O)[O-])c1. The van der Waals surface area contributed by atoms with Crippen LogP contribution in [-0.2, 0) is 9.53 Å². The minimum absolute atomic E-state index is 0.0233. The Hall–Kier alpha value is -2.21. The summed E-state index contributed by atoms with van der Waals surface area (Å²) < 4.78 is 4.75. The summed E-state index contributed by atoms with van der Waals surface area (Å²) in [5, 5.41) is 21.2. The quantitative estimate of drug-likeness (QED) is 0.377. The van der Waals surface area contributed by atoms with Crippen LogP contribution in [0.5, 0.6) is 0 Å². The lowest BCUT2D eigenvalue weighted by Crippen LogP contribution is -2.14. The van der Waals surface area contributed by atoms with Crippen LogP contribution in [0.25, 0.3) is 0 Å². The van der Waals surface area contributed by atoms with Crippen molar-refractivity contribution in [1.82, 2.24) is 0 Å². The molecule has 0 bridgehead atoms. The first kappa shape index (κ1) is 16.8. The average molecular weight is 293 g/mol. The number of carbonyl (C=O) groups is 1. The smallest absolute Gasteiger partial charge is 0.336 e. The fourth-order valence-electron chi connectivity index (χ4n) is 1.91. The molecular formula is C15H19NO5. The predicted octanol–water partition coefficient (Wildman–Crippen LogP) is 2.87. The van der Waals surface area contributed by atoms with Crippen molar-refractivity contribution >= 4 is 11.7 Å². The highest BCUT2D eigenvalue weighted by molar-refractivity contribution is 5.89. The molecule has 0 radical (unpaired) electrons. The highest BCUT2D eigenvalue weighted by Crippen LogP contribution is 2.31. The van der Waals surface area contributed by atoms with Crippen LogP contribution < -0.4 is 0 Å². The van der Waals surface area contributed by atoms with E-state index in [4.69, 9.17) is 4.74 Å². The molecule has 1 aromatic carbocycles. The van der Waals surface area contributed by atoms with Crippen molar-refractivity contribution in [3.8, 4) is 0 Å². The first-order chi connectivity index (χ1) is 9.79. The van der Waals surface area contributed by atoms with Gasteiger partial charge in [0.15, 0.2) is 0 Å². The van der Waals surface area contributed by atoms with E-state index in [0.29, 0.717) is 5.56 Å². The molecule has 0 saturated carbocycles. The molecule has 0 heterocycles. The van der Waals surface area contributed by atoms with Crippen LogP contribution in [-0.4, -0.2) is 22.6 Å². The number of nitro benzene ring substituents is 1. The van der Waals surface area contributed by atoms with Gasteiger partial charge in [0.05, 0.1) is 17.1 Å². The zero-order chi connectivity index (χ0) is 16.2. The first-order valence-corrected chi connectivity index (χ1v) is 6.61. The maximum atomic E-state index is 11.5. The molecule has 0 aromatic heterocycles. The number of hydrogen-bond acceptors (Lipinski definition) is 5. The van der Waals surface area contributed by atoms with Crippen LogP contribution in [0.1, 0.15) is 43.9 Å². The molecule has 114 valence electrons. The normalized spacial score (nSPS) is 12.0. The first-order valence-electron chi connectivity index (χ1n) is 6.61. The molecular weight excluding hydrogens is 274 g/mol. The second-order valence-electron chi connectivity index (χ2n) is 4.88. The minimum Gasteiger partial charge on any atom is -0.463 e. The van der Waals surface area contributed by atoms with Crippen LogP contribution in [0.15, 0.2) is 30.4 Å². The molecule has 0 aliphatic heterocycles. The average Bonchev–Trinajstić information content (AvgIpc) is 2.45. The molecule has 1 atom stereocenters. The molecule has 0 aliphatic rings. The lowest BCUT2D eigenvalue weighted by Gasteiger charge is -2.14. The molecule has 0 fully saturated rings. The number of rotatable bonds is 6. The molecule has 21 heavy (non-hydrogen) atoms. The summed E-state index contributed by atoms with van der Waals surface area (Å²) in [6.45, 7) is 8.98. The number of aliphatic hydroxyl groups is 1. The molecule has 1 N–H and O–H groups in total. The van der Waals surface area contributed by atoms with E-state index in [0.717, 1.165) is 0 Å². The number of hydrogen-bond donors (Lipinski definition) is 1. The zero-order valence-corrected chi connectivity index (χ0v) is 12.3. The Morgan fingerprint density at radius 1 is 1.48 bits per heavy atom. The minimum atomic E-state index is -1.33. The van der Waals surface area contributed by atoms with E-state index < -0.39 is 17.0 Å². The number of nitro groups is 1. The van der Waals surface area contributed by atoms with E-state index >= 15 is 0 Å². The van der Waals surface area contributed by atoms with E-state index in [1.807, 2.05) is 13.8 Å². The second-order valence-corrected chi connectivity index (χ2v) is 4.88. The molecule has 6 heteroatoms. The third-order valence-electron chi connectivity index (χ3n) is 3.06. The van der Waals surface area contributed by atoms with Gasteiger partial charge in [-0.25, -0.2) is 4.79 Å². The maximum Gasteiger partial charge on any atom is 0.336 e. The molecule has 1 rings (SSSR count). The van der Waals surface area contributed by atoms with Crippen molar-refractivity contribution in [3.63, 3.8) is 0 Å². The van der Waals surface area contributed by atoms with Gasteiger partial charge >= 0.3 is 5.97 Å². The van der Waals surface area contributed by atoms with Gasteiger partial charge in [-0.05, 0) is 18.4 Å². The van der Waals surface area contributed by atoms with Crippen molar-refractivity contribution in [2.45, 2.75) is 32.8 Å². The van der Waals surface area contributed by atoms with E-state index in [1.54, 1.807) is 19.1 Å². The van der Waals surface area contributed by atoms with Crippen molar-refractivity contribution in [1.29, 1.82) is 0 Å². The molecule has 6 nitrogen and oxygen atoms in total. The fraction of sp³-hybridized carbons (Fsp3) is 0.400. The summed E-state index contributed by atoms with van der Waals surface area (Å²) in [5.41, 5.74) is 0.573. The van der Waals surface area contributed by atoms with Crippen molar-refractivity contribution in [2.75, 3.05) is 6.61 Å². The Morgan fingerprint density at radius 2 is 2.10 bits per heavy atom. The lowest BCUT2D eigenvalue weighted by atomic mass is 9.95. The van der Waals surface area contributed by atoms with Gasteiger partial charge < -0.3 is 9.84 Å². The fourth-order valence-corrected chi connectivity index (χ4v) is 1.91. The van der Waals surface area contributed by atoms with E-state index in [2.05, 4.69) is 6.58 Å². The van der Waals surface area contributed by atoms with E-state index in [-0.39, 0.29) is 29.3 Å². The summed E-state index contributed by atoms with van der Waals surface area (Å²) in [6, 6.07) is 4.40. The van der Waals surface area contributed by atoms with Gasteiger partial charge in [-0.1, -0.05) is 32.6 Å². The van der Waals surface area contributed by atoms with Gasteiger partial charge in [0.1, 0.15) is 6.10 Å². The van der Waals surface area contributed by atoms with Crippen LogP contribution >= 0.6 is 0 Å². The zero-order valence-electron chi connectivity index (χ0n) is 12.3. The summed E-state index contributed by atoms with van der Waals surface area (Å²) in [7, 11) is 0. The third kappa shape index (κ3) is 3.88. The number of carbonyl (C=O) groups excluding carboxylic acids is 1. The molecule has 0 aliphatic carbocycles. The van der Waals surface area contributed by atoms with Crippen LogP contribution in [0.4, 0.5) is 5.69 Å². The summed E-state index contributed by atoms with van der Waals surface area (Å²) in [4.78, 5) is 22.2. The number of ether oxygens (including phenoxy) is 1. The predicted molar refractivity (Wildman–Crippen MR) is 77.9 cm³/mol. The molecule has 1 unspecified atom stereocenters. The Morgan fingerprint density at radius 3 is 2.57 bits per heavy atom. The Balaban J connectivity index is 3.14. The van der Waals surface area contributed by atoms with Crippen molar-refractivity contribution < 1.29 is 19.6 Å². The van der Waals surface area contributed by atoms with Gasteiger partial charge in [0.25, 0.3) is 5.69 Å². The second kappa shape index (κ2) is 6.99. The maximum absolute atomic E-state index is 11.5. The van der Waals surface area contributed by atoms with Crippen LogP contribution in [0, 0.1) is 10.1 Å². The van der Waals surface area contributed by atoms with Crippen molar-refractivity contribution in [3.05, 3.63) is 51.6 Å². The van der Waals surface area contributed by atoms with Crippen LogP contribution in [0.3, 0.4) is 0 Å². The summed E-state index contributed by atoms with van der Waals surface area (Å²) in [6.07, 6.45) is -1.33. The Labute approximate surface area is 123 Å². The molecule has 0 saturated heterocycles. The van der Waals surface area contributed by atoms with Gasteiger partial charge in [-0.15, -0.1) is 0 Å². The third-order valence-corrected chi connectivity index (χ3v) is 3.06. The van der Waals surface area contributed by atoms with Gasteiger partial charge in [-0.2, -0.15) is 0 Å². The lowest BCUT2D eigenvalue weighted by molar-refractivity contribution is -0.385. The monoisotopic (exact) mass is 293 g/mol. The number of nitrogens with zero attached hydrogens (tertiary/aromatic N) is 1. The number of esters is 1. The van der Waals surface area contributed by atoms with Gasteiger partial charge in [0.2, 0.25) is 0 Å². The Bertz CT molecular complexity index is 565. The van der Waals surface area contributed by atoms with Crippen molar-refractivity contribution in [2.24, 2.45) is 0 Å². The number of benzene rings is 1. The topological polar surface area (TPSA) is 89.7 Å². The molecule has 1 aromatic rings. The Kier molecular flexibility index (Phi) is 5.60. The highest BCUT2D eigenvalue weighted by Gasteiger charge is 2.24. The largest absolute Gasteiger partial charge is 0.463 e. The summed E-state index contributed by atoms with van der Waals surface area (Å²) >= 11 is 0. The molecule has 0 spiro atoms. The highest BCUT2D eigenvalue weighted by atomic mass is 16.6. The standard InChI is InChI=1S/C15H19NO5/c1-5-21-15(18)10(4)14(17)11-6-7-12(9(2)3)13(8-11)16(19)20/h6-9,14,17H,4-5H2,1-3H3. The molecule has 0 amide bonds. The van der Waals surface area contributed by atoms with E-state index in [1.165, 1.54) is 6.07 Å². The summed E-state index contributed by atoms with van der Waals surface area (Å²) in [5.74, 6) is -0.745. The van der Waals surface area contributed by atoms with Gasteiger partial charge in [-0.3, -0.25) is 10.1 Å². The van der Waals surface area contributed by atoms with Gasteiger partial charge in [0, 0.05) is 11.6 Å². The van der Waals surface area contributed by atoms with E-state index in [9.17, 15) is 20.0 Å².